The van der Waals surface area contributed by atoms with Gasteiger partial charge in [0.15, 0.2) is 0 Å². The van der Waals surface area contributed by atoms with Gasteiger partial charge in [0.1, 0.15) is 0 Å². The molecule has 0 aliphatic heterocycles. The van der Waals surface area contributed by atoms with Gasteiger partial charge in [-0.3, -0.25) is 0 Å². The second kappa shape index (κ2) is 7.51. The fourth-order valence-corrected chi connectivity index (χ4v) is 22.6. The van der Waals surface area contributed by atoms with Crippen molar-refractivity contribution in [1.29, 1.82) is 0 Å². The molecule has 0 aliphatic carbocycles. The molecule has 0 bridgehead atoms. The molecule has 0 heterocycles. The number of hydrogen-bond acceptors (Lipinski definition) is 0. The third-order valence-electron chi connectivity index (χ3n) is 3.89. The van der Waals surface area contributed by atoms with Crippen molar-refractivity contribution in [3.8, 4) is 0 Å². The fraction of sp³-hybridized carbons (Fsp3) is 0.333. The van der Waals surface area contributed by atoms with E-state index in [-0.39, 0.29) is 0 Å². The van der Waals surface area contributed by atoms with Gasteiger partial charge in [-0.2, -0.15) is 0 Å². The first-order valence-corrected chi connectivity index (χ1v) is 18.1. The van der Waals surface area contributed by atoms with E-state index in [1.54, 1.807) is 0 Å². The summed E-state index contributed by atoms with van der Waals surface area (Å²) < 4.78 is 0.986. The van der Waals surface area contributed by atoms with Crippen LogP contribution in [0.2, 0.25) is 26.6 Å². The number of rotatable bonds is 5. The summed E-state index contributed by atoms with van der Waals surface area (Å²) in [6.45, 7) is 0. The zero-order valence-electron chi connectivity index (χ0n) is 12.9. The van der Waals surface area contributed by atoms with Gasteiger partial charge in [-0.15, -0.1) is 0 Å². The van der Waals surface area contributed by atoms with Crippen LogP contribution in [-0.4, -0.2) is 28.7 Å². The molecule has 0 N–H and O–H groups in total. The van der Waals surface area contributed by atoms with Crippen molar-refractivity contribution < 1.29 is 0 Å². The van der Waals surface area contributed by atoms with Crippen LogP contribution >= 0.6 is 0 Å². The molecule has 2 radical (unpaired) electrons. The van der Waals surface area contributed by atoms with Crippen molar-refractivity contribution in [3.05, 3.63) is 71.8 Å². The molecule has 2 aromatic carbocycles. The van der Waals surface area contributed by atoms with E-state index in [9.17, 15) is 0 Å². The Hall–Kier alpha value is -0.474. The Morgan fingerprint density at radius 2 is 0.950 bits per heavy atom. The quantitative estimate of drug-likeness (QED) is 0.618. The van der Waals surface area contributed by atoms with Crippen molar-refractivity contribution in [1.82, 2.24) is 0 Å². The van der Waals surface area contributed by atoms with Crippen molar-refractivity contribution in [2.24, 2.45) is 0 Å². The van der Waals surface area contributed by atoms with E-state index in [0.29, 0.717) is 5.92 Å². The van der Waals surface area contributed by atoms with E-state index in [1.165, 1.54) is 11.1 Å². The minimum absolute atomic E-state index is 0.632. The van der Waals surface area contributed by atoms with Crippen LogP contribution in [0.5, 0.6) is 0 Å². The Kier molecular flexibility index (Phi) is 5.97. The molecule has 104 valence electrons. The molecule has 0 unspecified atom stereocenters. The average Bonchev–Trinajstić information content (AvgIpc) is 2.45. The second-order valence-electron chi connectivity index (χ2n) is 5.93. The van der Waals surface area contributed by atoms with Crippen LogP contribution in [0.3, 0.4) is 0 Å². The monoisotopic (exact) mass is 388 g/mol. The summed E-state index contributed by atoms with van der Waals surface area (Å²) in [5.74, 6) is 10.9. The Morgan fingerprint density at radius 1 is 0.600 bits per heavy atom. The predicted molar refractivity (Wildman–Crippen MR) is 93.4 cm³/mol. The van der Waals surface area contributed by atoms with Crippen LogP contribution in [-0.2, 0) is 0 Å². The molecule has 0 saturated carbocycles. The van der Waals surface area contributed by atoms with Crippen molar-refractivity contribution in [2.75, 3.05) is 0 Å². The first kappa shape index (κ1) is 15.9. The van der Waals surface area contributed by atoms with Crippen LogP contribution in [0, 0.1) is 0 Å². The van der Waals surface area contributed by atoms with Crippen LogP contribution in [0.4, 0.5) is 0 Å². The molecule has 0 atom stereocenters. The normalized spacial score (nSPS) is 11.8. The summed E-state index contributed by atoms with van der Waals surface area (Å²) in [5.41, 5.74) is 3.04. The number of hydrogen-bond donors (Lipinski definition) is 0. The van der Waals surface area contributed by atoms with Crippen LogP contribution in [0.15, 0.2) is 60.7 Å². The van der Waals surface area contributed by atoms with Gasteiger partial charge < -0.3 is 0 Å². The van der Waals surface area contributed by atoms with Gasteiger partial charge in [-0.25, -0.2) is 0 Å². The summed E-state index contributed by atoms with van der Waals surface area (Å²) in [7, 11) is 0. The van der Waals surface area contributed by atoms with Crippen molar-refractivity contribution in [3.63, 3.8) is 0 Å². The second-order valence-corrected chi connectivity index (χ2v) is 20.1. The third-order valence-corrected chi connectivity index (χ3v) is 23.1. The first-order chi connectivity index (χ1) is 9.61. The summed E-state index contributed by atoms with van der Waals surface area (Å²) in [6.07, 6.45) is 0. The van der Waals surface area contributed by atoms with Gasteiger partial charge in [-0.05, 0) is 0 Å². The third kappa shape index (κ3) is 3.79. The zero-order valence-corrected chi connectivity index (χ0v) is 17.1. The standard InChI is InChI=1S/C18H24Ge2/c1-19(2)18(20(3)4)17(15-11-7-5-8-12-15)16-13-9-6-10-14-16/h5-14,17-18H,1-4H3. The topological polar surface area (TPSA) is 0 Å². The van der Waals surface area contributed by atoms with E-state index in [0.717, 1.165) is 3.58 Å². The zero-order chi connectivity index (χ0) is 14.5. The summed E-state index contributed by atoms with van der Waals surface area (Å²) in [4.78, 5) is 0. The molecule has 0 spiro atoms. The molecule has 0 fully saturated rings. The Labute approximate surface area is 132 Å². The summed E-state index contributed by atoms with van der Waals surface area (Å²) in [5, 5.41) is 0. The van der Waals surface area contributed by atoms with E-state index in [1.807, 2.05) is 0 Å². The Bertz CT molecular complexity index is 458. The van der Waals surface area contributed by atoms with Crippen LogP contribution in [0.25, 0.3) is 0 Å². The predicted octanol–water partition coefficient (Wildman–Crippen LogP) is 5.24. The summed E-state index contributed by atoms with van der Waals surface area (Å²) in [6, 6.07) is 22.3. The average molecular weight is 386 g/mol. The molecule has 0 nitrogen and oxygen atoms in total. The van der Waals surface area contributed by atoms with Gasteiger partial charge >= 0.3 is 133 Å². The Morgan fingerprint density at radius 3 is 1.25 bits per heavy atom. The van der Waals surface area contributed by atoms with Gasteiger partial charge in [0.25, 0.3) is 0 Å². The van der Waals surface area contributed by atoms with Gasteiger partial charge in [-0.1, -0.05) is 0 Å². The fourth-order valence-electron chi connectivity index (χ4n) is 3.14. The molecular weight excluding hydrogens is 361 g/mol. The van der Waals surface area contributed by atoms with E-state index >= 15 is 0 Å². The molecule has 0 aliphatic rings. The first-order valence-electron chi connectivity index (χ1n) is 7.31. The molecular formula is C18H24Ge2. The molecule has 20 heavy (non-hydrogen) atoms. The van der Waals surface area contributed by atoms with Gasteiger partial charge in [0.05, 0.1) is 0 Å². The minimum atomic E-state index is -0.948. The molecule has 0 amide bonds. The molecule has 2 aromatic rings. The molecule has 2 heteroatoms. The molecule has 2 rings (SSSR count). The van der Waals surface area contributed by atoms with E-state index < -0.39 is 28.7 Å². The van der Waals surface area contributed by atoms with Gasteiger partial charge in [0.2, 0.25) is 0 Å². The SMILES string of the molecule is [CH3][Ge]([CH3])[CH](C(c1ccccc1)c1ccccc1)[Ge]([CH3])[CH3]. The maximum atomic E-state index is 2.56. The summed E-state index contributed by atoms with van der Waals surface area (Å²) >= 11 is -1.90. The maximum absolute atomic E-state index is 2.56. The molecule has 0 saturated heterocycles. The van der Waals surface area contributed by atoms with Crippen LogP contribution in [0.1, 0.15) is 17.0 Å². The van der Waals surface area contributed by atoms with Crippen LogP contribution < -0.4 is 0 Å². The van der Waals surface area contributed by atoms with E-state index in [2.05, 4.69) is 83.7 Å². The Balaban J connectivity index is 2.49. The number of benzene rings is 2. The van der Waals surface area contributed by atoms with Crippen molar-refractivity contribution >= 4 is 28.7 Å². The van der Waals surface area contributed by atoms with Crippen molar-refractivity contribution in [2.45, 2.75) is 32.5 Å². The van der Waals surface area contributed by atoms with Gasteiger partial charge in [0, 0.05) is 0 Å². The molecule has 0 aromatic heterocycles. The van der Waals surface area contributed by atoms with E-state index in [4.69, 9.17) is 0 Å².